The van der Waals surface area contributed by atoms with Gasteiger partial charge in [0.1, 0.15) is 0 Å². The molecule has 0 saturated carbocycles. The zero-order valence-corrected chi connectivity index (χ0v) is 11.4. The first-order chi connectivity index (χ1) is 9.87. The number of carbonyl (C=O) groups is 2. The monoisotopic (exact) mass is 309 g/mol. The smallest absolute Gasteiger partial charge is 0.422 e. The maximum absolute atomic E-state index is 11.8. The molecule has 1 aliphatic rings. The summed E-state index contributed by atoms with van der Waals surface area (Å²) in [6, 6.07) is 0. The molecule has 0 saturated heterocycles. The van der Waals surface area contributed by atoms with Gasteiger partial charge in [0.2, 0.25) is 0 Å². The van der Waals surface area contributed by atoms with Crippen molar-refractivity contribution in [3.63, 3.8) is 0 Å². The average molecular weight is 309 g/mol. The number of ether oxygens (including phenoxy) is 2. The molecule has 1 aliphatic carbocycles. The Bertz CT molecular complexity index is 382. The van der Waals surface area contributed by atoms with Crippen molar-refractivity contribution in [1.29, 1.82) is 0 Å². The molecule has 0 bridgehead atoms. The molecule has 1 rings (SSSR count). The van der Waals surface area contributed by atoms with Crippen molar-refractivity contribution in [3.05, 3.63) is 12.2 Å². The fraction of sp³-hybridized carbons (Fsp3) is 0.692. The summed E-state index contributed by atoms with van der Waals surface area (Å²) in [6.07, 6.45) is 1.04. The van der Waals surface area contributed by atoms with Crippen LogP contribution in [0.3, 0.4) is 0 Å². The SMILES string of the molecule is O=C(CCNC(=O)OCC(F)(F)F)OCC1CC=CCC1. The summed E-state index contributed by atoms with van der Waals surface area (Å²) in [5.74, 6) is -0.190. The van der Waals surface area contributed by atoms with Crippen LogP contribution in [0.25, 0.3) is 0 Å². The van der Waals surface area contributed by atoms with Crippen molar-refractivity contribution in [1.82, 2.24) is 5.32 Å². The minimum absolute atomic E-state index is 0.107. The van der Waals surface area contributed by atoms with E-state index in [2.05, 4.69) is 16.1 Å². The largest absolute Gasteiger partial charge is 0.465 e. The lowest BCUT2D eigenvalue weighted by Gasteiger charge is -2.17. The molecule has 0 fully saturated rings. The van der Waals surface area contributed by atoms with Gasteiger partial charge in [-0.15, -0.1) is 0 Å². The molecule has 0 aliphatic heterocycles. The standard InChI is InChI=1S/C13H18F3NO4/c14-13(15,16)9-21-12(19)17-7-6-11(18)20-8-10-4-2-1-3-5-10/h1-2,10H,3-9H2,(H,17,19). The fourth-order valence-corrected chi connectivity index (χ4v) is 1.76. The fourth-order valence-electron chi connectivity index (χ4n) is 1.76. The number of esters is 1. The van der Waals surface area contributed by atoms with Gasteiger partial charge in [-0.25, -0.2) is 4.79 Å². The second-order valence-electron chi connectivity index (χ2n) is 4.70. The number of allylic oxidation sites excluding steroid dienone is 2. The topological polar surface area (TPSA) is 64.6 Å². The Morgan fingerprint density at radius 3 is 2.62 bits per heavy atom. The Hall–Kier alpha value is -1.73. The molecule has 120 valence electrons. The van der Waals surface area contributed by atoms with Gasteiger partial charge in [0.05, 0.1) is 13.0 Å². The van der Waals surface area contributed by atoms with Crippen LogP contribution in [0.2, 0.25) is 0 Å². The van der Waals surface area contributed by atoms with Gasteiger partial charge in [-0.05, 0) is 25.2 Å². The van der Waals surface area contributed by atoms with Gasteiger partial charge in [-0.2, -0.15) is 13.2 Å². The molecule has 0 radical (unpaired) electrons. The quantitative estimate of drug-likeness (QED) is 0.605. The number of amides is 1. The van der Waals surface area contributed by atoms with Crippen LogP contribution in [-0.2, 0) is 14.3 Å². The Morgan fingerprint density at radius 1 is 1.24 bits per heavy atom. The Kier molecular flexibility index (Phi) is 7.04. The summed E-state index contributed by atoms with van der Waals surface area (Å²) in [5, 5.41) is 2.05. The van der Waals surface area contributed by atoms with E-state index < -0.39 is 24.8 Å². The zero-order chi connectivity index (χ0) is 15.7. The number of carbonyl (C=O) groups excluding carboxylic acids is 2. The minimum Gasteiger partial charge on any atom is -0.465 e. The predicted molar refractivity (Wildman–Crippen MR) is 67.5 cm³/mol. The van der Waals surface area contributed by atoms with Crippen molar-refractivity contribution in [3.8, 4) is 0 Å². The number of halogens is 3. The van der Waals surface area contributed by atoms with E-state index in [4.69, 9.17) is 4.74 Å². The molecular formula is C13H18F3NO4. The maximum Gasteiger partial charge on any atom is 0.422 e. The van der Waals surface area contributed by atoms with Gasteiger partial charge >= 0.3 is 18.2 Å². The van der Waals surface area contributed by atoms with Crippen LogP contribution < -0.4 is 5.32 Å². The molecule has 0 aromatic rings. The highest BCUT2D eigenvalue weighted by atomic mass is 19.4. The van der Waals surface area contributed by atoms with E-state index in [1.165, 1.54) is 0 Å². The Balaban J connectivity index is 2.04. The first-order valence-corrected chi connectivity index (χ1v) is 6.65. The molecule has 0 spiro atoms. The van der Waals surface area contributed by atoms with Crippen LogP contribution in [0.5, 0.6) is 0 Å². The summed E-state index contributed by atoms with van der Waals surface area (Å²) in [5.41, 5.74) is 0. The highest BCUT2D eigenvalue weighted by Crippen LogP contribution is 2.18. The number of hydrogen-bond donors (Lipinski definition) is 1. The average Bonchev–Trinajstić information content (AvgIpc) is 2.43. The zero-order valence-electron chi connectivity index (χ0n) is 11.4. The molecule has 1 unspecified atom stereocenters. The second-order valence-corrected chi connectivity index (χ2v) is 4.70. The van der Waals surface area contributed by atoms with E-state index >= 15 is 0 Å². The molecule has 5 nitrogen and oxygen atoms in total. The summed E-state index contributed by atoms with van der Waals surface area (Å²) in [6.45, 7) is -1.46. The third kappa shape index (κ3) is 8.93. The van der Waals surface area contributed by atoms with E-state index in [1.54, 1.807) is 0 Å². The van der Waals surface area contributed by atoms with Gasteiger partial charge in [0, 0.05) is 6.54 Å². The van der Waals surface area contributed by atoms with Crippen LogP contribution in [0.4, 0.5) is 18.0 Å². The molecule has 1 amide bonds. The first kappa shape index (κ1) is 17.3. The summed E-state index contributed by atoms with van der Waals surface area (Å²) < 4.78 is 44.2. The molecule has 0 heterocycles. The van der Waals surface area contributed by atoms with Crippen LogP contribution >= 0.6 is 0 Å². The highest BCUT2D eigenvalue weighted by Gasteiger charge is 2.29. The Morgan fingerprint density at radius 2 is 2.00 bits per heavy atom. The number of nitrogens with one attached hydrogen (secondary N) is 1. The van der Waals surface area contributed by atoms with Gasteiger partial charge in [-0.3, -0.25) is 4.79 Å². The van der Waals surface area contributed by atoms with E-state index in [-0.39, 0.29) is 13.0 Å². The van der Waals surface area contributed by atoms with E-state index in [0.29, 0.717) is 12.5 Å². The lowest BCUT2D eigenvalue weighted by molar-refractivity contribution is -0.160. The first-order valence-electron chi connectivity index (χ1n) is 6.65. The van der Waals surface area contributed by atoms with Crippen molar-refractivity contribution in [2.45, 2.75) is 31.9 Å². The number of alkyl carbamates (subject to hydrolysis) is 1. The summed E-state index contributed by atoms with van der Waals surface area (Å²) in [7, 11) is 0. The molecule has 21 heavy (non-hydrogen) atoms. The second kappa shape index (κ2) is 8.53. The minimum atomic E-state index is -4.56. The van der Waals surface area contributed by atoms with Crippen LogP contribution in [0.1, 0.15) is 25.7 Å². The van der Waals surface area contributed by atoms with Crippen LogP contribution in [0, 0.1) is 5.92 Å². The third-order valence-electron chi connectivity index (χ3n) is 2.82. The molecule has 1 N–H and O–H groups in total. The lowest BCUT2D eigenvalue weighted by Crippen LogP contribution is -2.31. The molecule has 0 aromatic carbocycles. The van der Waals surface area contributed by atoms with Crippen molar-refractivity contribution in [2.24, 2.45) is 5.92 Å². The molecule has 0 aromatic heterocycles. The number of alkyl halides is 3. The highest BCUT2D eigenvalue weighted by molar-refractivity contribution is 5.71. The van der Waals surface area contributed by atoms with Crippen LogP contribution in [-0.4, -0.2) is 38.0 Å². The van der Waals surface area contributed by atoms with E-state index in [9.17, 15) is 22.8 Å². The van der Waals surface area contributed by atoms with Gasteiger partial charge in [0.15, 0.2) is 6.61 Å². The number of hydrogen-bond acceptors (Lipinski definition) is 4. The third-order valence-corrected chi connectivity index (χ3v) is 2.82. The van der Waals surface area contributed by atoms with E-state index in [1.807, 2.05) is 6.08 Å². The van der Waals surface area contributed by atoms with Gasteiger partial charge < -0.3 is 14.8 Å². The van der Waals surface area contributed by atoms with Crippen LogP contribution in [0.15, 0.2) is 12.2 Å². The molecule has 8 heteroatoms. The molecular weight excluding hydrogens is 291 g/mol. The maximum atomic E-state index is 11.8. The normalized spacial score (nSPS) is 18.1. The van der Waals surface area contributed by atoms with Crippen molar-refractivity contribution >= 4 is 12.1 Å². The van der Waals surface area contributed by atoms with E-state index in [0.717, 1.165) is 19.3 Å². The lowest BCUT2D eigenvalue weighted by atomic mass is 9.95. The molecule has 1 atom stereocenters. The summed E-state index contributed by atoms with van der Waals surface area (Å²) >= 11 is 0. The number of rotatable bonds is 6. The summed E-state index contributed by atoms with van der Waals surface area (Å²) in [4.78, 5) is 22.3. The van der Waals surface area contributed by atoms with Gasteiger partial charge in [-0.1, -0.05) is 12.2 Å². The van der Waals surface area contributed by atoms with Gasteiger partial charge in [0.25, 0.3) is 0 Å². The van der Waals surface area contributed by atoms with Crippen molar-refractivity contribution < 1.29 is 32.2 Å². The Labute approximate surface area is 120 Å². The predicted octanol–water partition coefficient (Wildman–Crippen LogP) is 2.56. The van der Waals surface area contributed by atoms with Crippen molar-refractivity contribution in [2.75, 3.05) is 19.8 Å².